The number of hydrogen-bond donors (Lipinski definition) is 2. The zero-order valence-electron chi connectivity index (χ0n) is 15.4. The maximum Gasteiger partial charge on any atom is 0.271 e. The molecule has 4 aromatic rings. The summed E-state index contributed by atoms with van der Waals surface area (Å²) in [6, 6.07) is 16.9. The number of nitro benzene ring substituents is 1. The Balaban J connectivity index is 1.57. The van der Waals surface area contributed by atoms with Crippen LogP contribution in [0.1, 0.15) is 20.7 Å². The number of nitro groups is 1. The molecule has 0 radical (unpaired) electrons. The van der Waals surface area contributed by atoms with Crippen LogP contribution in [0.15, 0.2) is 66.7 Å². The zero-order valence-corrected chi connectivity index (χ0v) is 15.4. The smallest absolute Gasteiger partial charge is 0.271 e. The fourth-order valence-electron chi connectivity index (χ4n) is 2.97. The molecular formula is C21H14N4O5. The van der Waals surface area contributed by atoms with Crippen LogP contribution in [0.25, 0.3) is 22.4 Å². The van der Waals surface area contributed by atoms with Gasteiger partial charge in [0.05, 0.1) is 10.4 Å². The Kier molecular flexibility index (Phi) is 4.69. The molecule has 0 saturated heterocycles. The van der Waals surface area contributed by atoms with Crippen molar-refractivity contribution >= 4 is 34.6 Å². The van der Waals surface area contributed by atoms with Crippen LogP contribution in [-0.2, 0) is 0 Å². The third kappa shape index (κ3) is 3.47. The molecule has 0 spiro atoms. The van der Waals surface area contributed by atoms with Crippen LogP contribution in [0.4, 0.5) is 11.4 Å². The molecule has 0 aliphatic heterocycles. The topological polar surface area (TPSA) is 127 Å². The van der Waals surface area contributed by atoms with Crippen molar-refractivity contribution in [3.05, 3.63) is 88.0 Å². The van der Waals surface area contributed by atoms with Crippen molar-refractivity contribution in [2.45, 2.75) is 0 Å². The lowest BCUT2D eigenvalue weighted by molar-refractivity contribution is -0.384. The summed E-state index contributed by atoms with van der Waals surface area (Å²) in [5.41, 5.74) is 2.45. The fraction of sp³-hybridized carbons (Fsp3) is 0. The Bertz CT molecular complexity index is 1280. The van der Waals surface area contributed by atoms with Crippen LogP contribution >= 0.6 is 0 Å². The number of nitrogens with zero attached hydrogens (tertiary/aromatic N) is 3. The number of non-ortho nitro benzene ring substituents is 1. The molecular weight excluding hydrogens is 388 g/mol. The molecule has 0 bridgehead atoms. The fourth-order valence-corrected chi connectivity index (χ4v) is 2.97. The molecule has 0 aliphatic carbocycles. The summed E-state index contributed by atoms with van der Waals surface area (Å²) in [7, 11) is 0. The predicted molar refractivity (Wildman–Crippen MR) is 109 cm³/mol. The van der Waals surface area contributed by atoms with E-state index in [4.69, 9.17) is 0 Å². The first-order chi connectivity index (χ1) is 14.5. The minimum Gasteiger partial charge on any atom is -0.426 e. The van der Waals surface area contributed by atoms with Gasteiger partial charge in [-0.1, -0.05) is 12.1 Å². The van der Waals surface area contributed by atoms with Crippen molar-refractivity contribution in [1.29, 1.82) is 0 Å². The van der Waals surface area contributed by atoms with Crippen molar-refractivity contribution in [1.82, 2.24) is 9.71 Å². The van der Waals surface area contributed by atoms with Crippen molar-refractivity contribution in [3.63, 3.8) is 0 Å². The van der Waals surface area contributed by atoms with Crippen molar-refractivity contribution in [2.24, 2.45) is 0 Å². The van der Waals surface area contributed by atoms with Crippen LogP contribution < -0.4 is 5.32 Å². The van der Waals surface area contributed by atoms with Gasteiger partial charge in [-0.2, -0.15) is 4.73 Å². The third-order valence-electron chi connectivity index (χ3n) is 4.53. The van der Waals surface area contributed by atoms with Crippen molar-refractivity contribution < 1.29 is 19.7 Å². The number of fused-ring (bicyclic) bond motifs is 1. The van der Waals surface area contributed by atoms with Gasteiger partial charge >= 0.3 is 0 Å². The van der Waals surface area contributed by atoms with E-state index in [0.29, 0.717) is 34.2 Å². The Hall–Kier alpha value is -4.53. The van der Waals surface area contributed by atoms with E-state index < -0.39 is 4.92 Å². The second-order valence-electron chi connectivity index (χ2n) is 6.45. The molecule has 0 saturated carbocycles. The maximum atomic E-state index is 12.3. The number of carbonyl (C=O) groups is 2. The molecule has 3 aromatic carbocycles. The molecule has 1 heterocycles. The largest absolute Gasteiger partial charge is 0.426 e. The van der Waals surface area contributed by atoms with Gasteiger partial charge in [-0.15, -0.1) is 0 Å². The van der Waals surface area contributed by atoms with Gasteiger partial charge in [0, 0.05) is 34.5 Å². The maximum absolute atomic E-state index is 12.3. The van der Waals surface area contributed by atoms with Gasteiger partial charge in [-0.3, -0.25) is 19.7 Å². The molecule has 0 fully saturated rings. The Morgan fingerprint density at radius 3 is 2.40 bits per heavy atom. The quantitative estimate of drug-likeness (QED) is 0.225. The second-order valence-corrected chi connectivity index (χ2v) is 6.45. The van der Waals surface area contributed by atoms with E-state index >= 15 is 0 Å². The number of rotatable bonds is 5. The molecule has 2 N–H and O–H groups in total. The number of aldehydes is 1. The first kappa shape index (κ1) is 18.8. The van der Waals surface area contributed by atoms with Crippen molar-refractivity contribution in [2.75, 3.05) is 5.32 Å². The lowest BCUT2D eigenvalue weighted by Gasteiger charge is -2.07. The molecule has 4 rings (SSSR count). The van der Waals surface area contributed by atoms with E-state index in [0.717, 1.165) is 4.73 Å². The summed E-state index contributed by atoms with van der Waals surface area (Å²) in [4.78, 5) is 37.7. The van der Waals surface area contributed by atoms with E-state index in [2.05, 4.69) is 10.3 Å². The molecule has 148 valence electrons. The highest BCUT2D eigenvalue weighted by molar-refractivity contribution is 6.04. The standard InChI is InChI=1S/C21H14N4O5/c26-12-13-1-3-15(4-2-13)21(27)22-16-7-5-14(6-8-16)20-23-18-10-9-17(25(29)30)11-19(18)24(20)28/h1-12,28H,(H,22,27). The van der Waals surface area contributed by atoms with Crippen LogP contribution in [-0.4, -0.2) is 32.0 Å². The molecule has 30 heavy (non-hydrogen) atoms. The molecule has 0 atom stereocenters. The molecule has 1 aromatic heterocycles. The predicted octanol–water partition coefficient (Wildman–Crippen LogP) is 3.91. The van der Waals surface area contributed by atoms with E-state index in [1.807, 2.05) is 0 Å². The van der Waals surface area contributed by atoms with E-state index in [1.54, 1.807) is 48.5 Å². The monoisotopic (exact) mass is 402 g/mol. The Morgan fingerprint density at radius 1 is 1.07 bits per heavy atom. The number of anilines is 1. The van der Waals surface area contributed by atoms with E-state index in [-0.39, 0.29) is 22.9 Å². The van der Waals surface area contributed by atoms with Crippen LogP contribution in [0, 0.1) is 10.1 Å². The first-order valence-corrected chi connectivity index (χ1v) is 8.79. The van der Waals surface area contributed by atoms with Gasteiger partial charge in [0.1, 0.15) is 11.8 Å². The van der Waals surface area contributed by atoms with Gasteiger partial charge in [0.15, 0.2) is 5.82 Å². The third-order valence-corrected chi connectivity index (χ3v) is 4.53. The lowest BCUT2D eigenvalue weighted by Crippen LogP contribution is -2.11. The molecule has 9 heteroatoms. The number of hydrogen-bond acceptors (Lipinski definition) is 6. The van der Waals surface area contributed by atoms with Crippen LogP contribution in [0.2, 0.25) is 0 Å². The highest BCUT2D eigenvalue weighted by atomic mass is 16.6. The van der Waals surface area contributed by atoms with Crippen molar-refractivity contribution in [3.8, 4) is 11.4 Å². The van der Waals surface area contributed by atoms with Gasteiger partial charge in [0.2, 0.25) is 0 Å². The number of benzene rings is 3. The molecule has 1 amide bonds. The number of amides is 1. The molecule has 9 nitrogen and oxygen atoms in total. The lowest BCUT2D eigenvalue weighted by atomic mass is 10.1. The van der Waals surface area contributed by atoms with Gasteiger partial charge in [-0.05, 0) is 42.5 Å². The van der Waals surface area contributed by atoms with E-state index in [9.17, 15) is 24.9 Å². The summed E-state index contributed by atoms with van der Waals surface area (Å²) in [5, 5.41) is 24.1. The summed E-state index contributed by atoms with van der Waals surface area (Å²) >= 11 is 0. The van der Waals surface area contributed by atoms with Crippen LogP contribution in [0.3, 0.4) is 0 Å². The first-order valence-electron chi connectivity index (χ1n) is 8.79. The number of carbonyl (C=O) groups excluding carboxylic acids is 2. The Labute approximate surface area is 169 Å². The molecule has 0 unspecified atom stereocenters. The average Bonchev–Trinajstić information content (AvgIpc) is 3.10. The average molecular weight is 402 g/mol. The Morgan fingerprint density at radius 2 is 1.77 bits per heavy atom. The minimum atomic E-state index is -0.546. The number of imidazole rings is 1. The van der Waals surface area contributed by atoms with Gasteiger partial charge in [0.25, 0.3) is 11.6 Å². The van der Waals surface area contributed by atoms with Gasteiger partial charge in [-0.25, -0.2) is 4.98 Å². The normalized spacial score (nSPS) is 10.7. The summed E-state index contributed by atoms with van der Waals surface area (Å²) in [5.74, 6) is -0.116. The summed E-state index contributed by atoms with van der Waals surface area (Å²) in [6.45, 7) is 0. The van der Waals surface area contributed by atoms with E-state index in [1.165, 1.54) is 18.2 Å². The second kappa shape index (κ2) is 7.47. The zero-order chi connectivity index (χ0) is 21.3. The highest BCUT2D eigenvalue weighted by Crippen LogP contribution is 2.27. The van der Waals surface area contributed by atoms with Gasteiger partial charge < -0.3 is 10.5 Å². The number of aromatic nitrogens is 2. The highest BCUT2D eigenvalue weighted by Gasteiger charge is 2.16. The summed E-state index contributed by atoms with van der Waals surface area (Å²) in [6.07, 6.45) is 0.701. The minimum absolute atomic E-state index is 0.150. The SMILES string of the molecule is O=Cc1ccc(C(=O)Nc2ccc(-c3nc4ccc([N+](=O)[O-])cc4n3O)cc2)cc1. The number of nitrogens with one attached hydrogen (secondary N) is 1. The van der Waals surface area contributed by atoms with Crippen LogP contribution in [0.5, 0.6) is 0 Å². The summed E-state index contributed by atoms with van der Waals surface area (Å²) < 4.78 is 0.796. The molecule has 0 aliphatic rings.